The van der Waals surface area contributed by atoms with Crippen LogP contribution in [0, 0.1) is 6.92 Å². The fourth-order valence-corrected chi connectivity index (χ4v) is 3.13. The SMILES string of the molecule is Cc1ccc(C(C)(C)c2cc(Cl)c(OCCCCl)c(Cl)c2)cc1. The monoisotopic (exact) mass is 370 g/mol. The third-order valence-electron chi connectivity index (χ3n) is 4.02. The quantitative estimate of drug-likeness (QED) is 0.409. The molecule has 0 amide bonds. The van der Waals surface area contributed by atoms with E-state index in [1.54, 1.807) is 0 Å². The van der Waals surface area contributed by atoms with E-state index in [2.05, 4.69) is 45.0 Å². The van der Waals surface area contributed by atoms with Crippen LogP contribution in [-0.2, 0) is 5.41 Å². The molecular weight excluding hydrogens is 351 g/mol. The predicted octanol–water partition coefficient (Wildman–Crippen LogP) is 6.64. The second-order valence-electron chi connectivity index (χ2n) is 6.15. The Morgan fingerprint density at radius 3 is 2.04 bits per heavy atom. The van der Waals surface area contributed by atoms with E-state index in [1.807, 2.05) is 12.1 Å². The van der Waals surface area contributed by atoms with Crippen molar-refractivity contribution in [2.45, 2.75) is 32.6 Å². The third-order valence-corrected chi connectivity index (χ3v) is 4.85. The molecule has 23 heavy (non-hydrogen) atoms. The highest BCUT2D eigenvalue weighted by atomic mass is 35.5. The molecule has 2 rings (SSSR count). The van der Waals surface area contributed by atoms with Gasteiger partial charge in [0.05, 0.1) is 16.7 Å². The van der Waals surface area contributed by atoms with E-state index >= 15 is 0 Å². The summed E-state index contributed by atoms with van der Waals surface area (Å²) in [6.07, 6.45) is 0.755. The Balaban J connectivity index is 2.34. The first-order chi connectivity index (χ1) is 10.9. The molecule has 0 spiro atoms. The Bertz CT molecular complexity index is 640. The second-order valence-corrected chi connectivity index (χ2v) is 7.34. The zero-order valence-corrected chi connectivity index (χ0v) is 15.9. The van der Waals surface area contributed by atoms with E-state index in [1.165, 1.54) is 11.1 Å². The van der Waals surface area contributed by atoms with Crippen LogP contribution in [0.4, 0.5) is 0 Å². The summed E-state index contributed by atoms with van der Waals surface area (Å²) in [6, 6.07) is 12.4. The maximum absolute atomic E-state index is 6.39. The number of ether oxygens (including phenoxy) is 1. The third kappa shape index (κ3) is 4.35. The van der Waals surface area contributed by atoms with Gasteiger partial charge in [-0.15, -0.1) is 11.6 Å². The Hall–Kier alpha value is -0.890. The molecule has 0 bridgehead atoms. The molecule has 0 radical (unpaired) electrons. The molecule has 0 fully saturated rings. The molecule has 0 saturated heterocycles. The van der Waals surface area contributed by atoms with Gasteiger partial charge < -0.3 is 4.74 Å². The van der Waals surface area contributed by atoms with Crippen LogP contribution in [-0.4, -0.2) is 12.5 Å². The number of hydrogen-bond acceptors (Lipinski definition) is 1. The summed E-state index contributed by atoms with van der Waals surface area (Å²) in [5.41, 5.74) is 3.31. The minimum atomic E-state index is -0.199. The van der Waals surface area contributed by atoms with Gasteiger partial charge in [0.15, 0.2) is 5.75 Å². The maximum atomic E-state index is 6.39. The number of rotatable bonds is 6. The van der Waals surface area contributed by atoms with Crippen molar-refractivity contribution in [2.75, 3.05) is 12.5 Å². The van der Waals surface area contributed by atoms with Crippen LogP contribution in [0.1, 0.15) is 37.0 Å². The molecule has 0 aromatic heterocycles. The summed E-state index contributed by atoms with van der Waals surface area (Å²) >= 11 is 18.4. The summed E-state index contributed by atoms with van der Waals surface area (Å²) in [4.78, 5) is 0. The van der Waals surface area contributed by atoms with Crippen molar-refractivity contribution in [2.24, 2.45) is 0 Å². The normalized spacial score (nSPS) is 11.6. The molecule has 1 nitrogen and oxygen atoms in total. The van der Waals surface area contributed by atoms with E-state index in [0.717, 1.165) is 12.0 Å². The lowest BCUT2D eigenvalue weighted by molar-refractivity contribution is 0.318. The summed E-state index contributed by atoms with van der Waals surface area (Å²) in [5, 5.41) is 1.06. The molecule has 0 N–H and O–H groups in total. The van der Waals surface area contributed by atoms with Crippen molar-refractivity contribution < 1.29 is 4.74 Å². The minimum Gasteiger partial charge on any atom is -0.490 e. The Labute approximate surface area is 153 Å². The van der Waals surface area contributed by atoms with Crippen LogP contribution in [0.2, 0.25) is 10.0 Å². The molecule has 0 unspecified atom stereocenters. The zero-order valence-electron chi connectivity index (χ0n) is 13.6. The summed E-state index contributed by atoms with van der Waals surface area (Å²) in [6.45, 7) is 6.91. The molecule has 2 aromatic carbocycles. The van der Waals surface area contributed by atoms with Gasteiger partial charge in [0, 0.05) is 11.3 Å². The van der Waals surface area contributed by atoms with E-state index in [4.69, 9.17) is 39.5 Å². The van der Waals surface area contributed by atoms with Gasteiger partial charge >= 0.3 is 0 Å². The van der Waals surface area contributed by atoms with E-state index in [-0.39, 0.29) is 5.41 Å². The Morgan fingerprint density at radius 1 is 0.957 bits per heavy atom. The summed E-state index contributed by atoms with van der Waals surface area (Å²) in [7, 11) is 0. The Kier molecular flexibility index (Phi) is 6.25. The highest BCUT2D eigenvalue weighted by Gasteiger charge is 2.25. The number of halogens is 3. The first-order valence-electron chi connectivity index (χ1n) is 7.61. The summed E-state index contributed by atoms with van der Waals surface area (Å²) in [5.74, 6) is 1.08. The zero-order chi connectivity index (χ0) is 17.0. The van der Waals surface area contributed by atoms with Crippen LogP contribution in [0.5, 0.6) is 5.75 Å². The van der Waals surface area contributed by atoms with Crippen molar-refractivity contribution in [3.05, 3.63) is 63.1 Å². The number of alkyl halides is 1. The van der Waals surface area contributed by atoms with Gasteiger partial charge in [-0.05, 0) is 36.6 Å². The topological polar surface area (TPSA) is 9.23 Å². The maximum Gasteiger partial charge on any atom is 0.156 e. The van der Waals surface area contributed by atoms with E-state index in [0.29, 0.717) is 28.3 Å². The predicted molar refractivity (Wildman–Crippen MR) is 101 cm³/mol. The van der Waals surface area contributed by atoms with Crippen LogP contribution in [0.3, 0.4) is 0 Å². The molecule has 0 saturated carbocycles. The molecule has 0 atom stereocenters. The van der Waals surface area contributed by atoms with Crippen LogP contribution < -0.4 is 4.74 Å². The number of hydrogen-bond donors (Lipinski definition) is 0. The smallest absolute Gasteiger partial charge is 0.156 e. The van der Waals surface area contributed by atoms with Gasteiger partial charge in [0.2, 0.25) is 0 Å². The molecule has 4 heteroatoms. The van der Waals surface area contributed by atoms with Crippen molar-refractivity contribution >= 4 is 34.8 Å². The Morgan fingerprint density at radius 2 is 1.52 bits per heavy atom. The van der Waals surface area contributed by atoms with Crippen LogP contribution in [0.25, 0.3) is 0 Å². The molecule has 0 aliphatic rings. The van der Waals surface area contributed by atoms with Gasteiger partial charge in [-0.1, -0.05) is 66.9 Å². The van der Waals surface area contributed by atoms with Crippen LogP contribution >= 0.6 is 34.8 Å². The number of benzene rings is 2. The molecule has 124 valence electrons. The highest BCUT2D eigenvalue weighted by Crippen LogP contribution is 2.40. The van der Waals surface area contributed by atoms with Crippen molar-refractivity contribution in [3.63, 3.8) is 0 Å². The average Bonchev–Trinajstić information content (AvgIpc) is 2.50. The largest absolute Gasteiger partial charge is 0.490 e. The number of aryl methyl sites for hydroxylation is 1. The minimum absolute atomic E-state index is 0.199. The first-order valence-corrected chi connectivity index (χ1v) is 8.90. The molecule has 0 heterocycles. The molecule has 0 aliphatic carbocycles. The highest BCUT2D eigenvalue weighted by molar-refractivity contribution is 6.37. The fourth-order valence-electron chi connectivity index (χ4n) is 2.42. The summed E-state index contributed by atoms with van der Waals surface area (Å²) < 4.78 is 5.65. The molecule has 0 aliphatic heterocycles. The van der Waals surface area contributed by atoms with Gasteiger partial charge in [-0.2, -0.15) is 0 Å². The molecular formula is C19H21Cl3O. The van der Waals surface area contributed by atoms with Gasteiger partial charge in [-0.25, -0.2) is 0 Å². The first kappa shape index (κ1) is 18.4. The lowest BCUT2D eigenvalue weighted by atomic mass is 9.78. The van der Waals surface area contributed by atoms with Crippen molar-refractivity contribution in [1.29, 1.82) is 0 Å². The van der Waals surface area contributed by atoms with Gasteiger partial charge in [0.1, 0.15) is 0 Å². The van der Waals surface area contributed by atoms with Gasteiger partial charge in [-0.3, -0.25) is 0 Å². The van der Waals surface area contributed by atoms with E-state index < -0.39 is 0 Å². The van der Waals surface area contributed by atoms with Gasteiger partial charge in [0.25, 0.3) is 0 Å². The standard InChI is InChI=1S/C19H21Cl3O/c1-13-5-7-14(8-6-13)19(2,3)15-11-16(21)18(17(22)12-15)23-10-4-9-20/h5-8,11-12H,4,9-10H2,1-3H3. The second kappa shape index (κ2) is 7.79. The lowest BCUT2D eigenvalue weighted by Gasteiger charge is -2.27. The lowest BCUT2D eigenvalue weighted by Crippen LogP contribution is -2.19. The van der Waals surface area contributed by atoms with E-state index in [9.17, 15) is 0 Å². The van der Waals surface area contributed by atoms with Crippen molar-refractivity contribution in [3.8, 4) is 5.75 Å². The fraction of sp³-hybridized carbons (Fsp3) is 0.368. The average molecular weight is 372 g/mol. The van der Waals surface area contributed by atoms with Crippen LogP contribution in [0.15, 0.2) is 36.4 Å². The molecule has 2 aromatic rings. The van der Waals surface area contributed by atoms with Crippen molar-refractivity contribution in [1.82, 2.24) is 0 Å².